The highest BCUT2D eigenvalue weighted by Gasteiger charge is 2.22. The molecule has 2 nitrogen and oxygen atoms in total. The van der Waals surface area contributed by atoms with Crippen LogP contribution in [0.5, 0.6) is 0 Å². The maximum Gasteiger partial charge on any atom is 0.0175 e. The van der Waals surface area contributed by atoms with Crippen LogP contribution in [0.2, 0.25) is 0 Å². The Balaban J connectivity index is 1.80. The zero-order valence-electron chi connectivity index (χ0n) is 10.3. The van der Waals surface area contributed by atoms with E-state index in [0.29, 0.717) is 18.1 Å². The molecule has 1 aliphatic carbocycles. The van der Waals surface area contributed by atoms with Gasteiger partial charge >= 0.3 is 0 Å². The van der Waals surface area contributed by atoms with Crippen LogP contribution < -0.4 is 11.1 Å². The smallest absolute Gasteiger partial charge is 0.0175 e. The first-order valence-electron chi connectivity index (χ1n) is 6.39. The van der Waals surface area contributed by atoms with E-state index in [2.05, 4.69) is 52.4 Å². The molecule has 3 unspecified atom stereocenters. The number of nitrogens with one attached hydrogen (secondary N) is 1. The minimum atomic E-state index is 0.410. The van der Waals surface area contributed by atoms with Crippen LogP contribution in [0, 0.1) is 0 Å². The molecule has 0 aromatic heterocycles. The molecule has 0 amide bonds. The van der Waals surface area contributed by atoms with Gasteiger partial charge in [-0.05, 0) is 50.3 Å². The van der Waals surface area contributed by atoms with E-state index < -0.39 is 0 Å². The third-order valence-corrected chi connectivity index (χ3v) is 3.98. The van der Waals surface area contributed by atoms with E-state index in [1.54, 1.807) is 0 Å². The van der Waals surface area contributed by atoms with Gasteiger partial charge in [0.15, 0.2) is 0 Å². The molecule has 0 bridgehead atoms. The Kier molecular flexibility index (Phi) is 4.60. The van der Waals surface area contributed by atoms with Crippen molar-refractivity contribution in [2.75, 3.05) is 0 Å². The molecule has 3 atom stereocenters. The molecule has 0 saturated heterocycles. The third kappa shape index (κ3) is 4.09. The highest BCUT2D eigenvalue weighted by atomic mass is 79.9. The normalized spacial score (nSPS) is 26.1. The van der Waals surface area contributed by atoms with E-state index >= 15 is 0 Å². The van der Waals surface area contributed by atoms with Crippen molar-refractivity contribution < 1.29 is 0 Å². The van der Waals surface area contributed by atoms with Crippen LogP contribution in [0.15, 0.2) is 28.7 Å². The van der Waals surface area contributed by atoms with Gasteiger partial charge < -0.3 is 11.1 Å². The maximum atomic E-state index is 5.92. The van der Waals surface area contributed by atoms with Crippen LogP contribution in [-0.2, 0) is 6.42 Å². The van der Waals surface area contributed by atoms with E-state index in [9.17, 15) is 0 Å². The second-order valence-corrected chi connectivity index (χ2v) is 6.08. The van der Waals surface area contributed by atoms with Crippen molar-refractivity contribution in [2.24, 2.45) is 5.73 Å². The van der Waals surface area contributed by atoms with Crippen molar-refractivity contribution in [2.45, 2.75) is 50.7 Å². The lowest BCUT2D eigenvalue weighted by Gasteiger charge is -2.19. The molecule has 0 aliphatic heterocycles. The maximum absolute atomic E-state index is 5.92. The molecule has 0 spiro atoms. The predicted octanol–water partition coefficient (Wildman–Crippen LogP) is 2.85. The Morgan fingerprint density at radius 3 is 2.65 bits per heavy atom. The van der Waals surface area contributed by atoms with Gasteiger partial charge in [0.1, 0.15) is 0 Å². The zero-order valence-corrected chi connectivity index (χ0v) is 11.9. The molecular formula is C14H21BrN2. The van der Waals surface area contributed by atoms with Gasteiger partial charge in [0.2, 0.25) is 0 Å². The number of halogens is 1. The van der Waals surface area contributed by atoms with Gasteiger partial charge in [-0.1, -0.05) is 28.1 Å². The molecule has 17 heavy (non-hydrogen) atoms. The number of hydrogen-bond acceptors (Lipinski definition) is 2. The zero-order chi connectivity index (χ0) is 12.3. The van der Waals surface area contributed by atoms with E-state index in [1.165, 1.54) is 18.4 Å². The highest BCUT2D eigenvalue weighted by Crippen LogP contribution is 2.18. The fourth-order valence-electron chi connectivity index (χ4n) is 2.60. The molecule has 1 aromatic carbocycles. The minimum Gasteiger partial charge on any atom is -0.328 e. The van der Waals surface area contributed by atoms with Crippen LogP contribution in [0.4, 0.5) is 0 Å². The molecule has 3 heteroatoms. The Labute approximate surface area is 112 Å². The second-order valence-electron chi connectivity index (χ2n) is 5.17. The largest absolute Gasteiger partial charge is 0.328 e. The van der Waals surface area contributed by atoms with Gasteiger partial charge in [0.05, 0.1) is 0 Å². The quantitative estimate of drug-likeness (QED) is 0.897. The van der Waals surface area contributed by atoms with E-state index in [1.807, 2.05) is 0 Å². The van der Waals surface area contributed by atoms with E-state index in [-0.39, 0.29) is 0 Å². The molecule has 1 aliphatic rings. The molecular weight excluding hydrogens is 276 g/mol. The average Bonchev–Trinajstić information content (AvgIpc) is 2.67. The first kappa shape index (κ1) is 13.1. The van der Waals surface area contributed by atoms with Crippen molar-refractivity contribution in [3.8, 4) is 0 Å². The monoisotopic (exact) mass is 296 g/mol. The summed E-state index contributed by atoms with van der Waals surface area (Å²) in [5, 5.41) is 3.68. The SMILES string of the molecule is CC(Cc1ccc(Br)cc1)NC1CCC(N)C1. The van der Waals surface area contributed by atoms with Gasteiger partial charge in [0, 0.05) is 22.6 Å². The first-order chi connectivity index (χ1) is 8.13. The van der Waals surface area contributed by atoms with Crippen molar-refractivity contribution >= 4 is 15.9 Å². The minimum absolute atomic E-state index is 0.410. The molecule has 1 aromatic rings. The Bertz CT molecular complexity index is 350. The fraction of sp³-hybridized carbons (Fsp3) is 0.571. The summed E-state index contributed by atoms with van der Waals surface area (Å²) in [5.41, 5.74) is 7.31. The van der Waals surface area contributed by atoms with Crippen molar-refractivity contribution in [1.82, 2.24) is 5.32 Å². The van der Waals surface area contributed by atoms with Crippen LogP contribution in [0.25, 0.3) is 0 Å². The van der Waals surface area contributed by atoms with Gasteiger partial charge in [-0.2, -0.15) is 0 Å². The standard InChI is InChI=1S/C14H21BrN2/c1-10(17-14-7-6-13(16)9-14)8-11-2-4-12(15)5-3-11/h2-5,10,13-14,17H,6-9,16H2,1H3. The van der Waals surface area contributed by atoms with Gasteiger partial charge in [-0.3, -0.25) is 0 Å². The number of rotatable bonds is 4. The summed E-state index contributed by atoms with van der Waals surface area (Å²) in [6.07, 6.45) is 4.61. The molecule has 94 valence electrons. The summed E-state index contributed by atoms with van der Waals surface area (Å²) >= 11 is 3.46. The predicted molar refractivity (Wildman–Crippen MR) is 76.1 cm³/mol. The Morgan fingerprint density at radius 1 is 1.35 bits per heavy atom. The number of nitrogens with two attached hydrogens (primary N) is 1. The molecule has 1 saturated carbocycles. The summed E-state index contributed by atoms with van der Waals surface area (Å²) < 4.78 is 1.14. The van der Waals surface area contributed by atoms with Crippen molar-refractivity contribution in [1.29, 1.82) is 0 Å². The third-order valence-electron chi connectivity index (χ3n) is 3.45. The second kappa shape index (κ2) is 5.98. The molecule has 1 fully saturated rings. The summed E-state index contributed by atoms with van der Waals surface area (Å²) in [6.45, 7) is 2.26. The fourth-order valence-corrected chi connectivity index (χ4v) is 2.87. The molecule has 2 rings (SSSR count). The van der Waals surface area contributed by atoms with Crippen LogP contribution in [-0.4, -0.2) is 18.1 Å². The molecule has 0 heterocycles. The topological polar surface area (TPSA) is 38.0 Å². The summed E-state index contributed by atoms with van der Waals surface area (Å²) in [6, 6.07) is 10.1. The van der Waals surface area contributed by atoms with Crippen LogP contribution >= 0.6 is 15.9 Å². The van der Waals surface area contributed by atoms with Gasteiger partial charge in [-0.25, -0.2) is 0 Å². The van der Waals surface area contributed by atoms with Gasteiger partial charge in [0.25, 0.3) is 0 Å². The average molecular weight is 297 g/mol. The van der Waals surface area contributed by atoms with Crippen molar-refractivity contribution in [3.63, 3.8) is 0 Å². The summed E-state index contributed by atoms with van der Waals surface area (Å²) in [5.74, 6) is 0. The number of hydrogen-bond donors (Lipinski definition) is 2. The van der Waals surface area contributed by atoms with Crippen molar-refractivity contribution in [3.05, 3.63) is 34.3 Å². The lowest BCUT2D eigenvalue weighted by Crippen LogP contribution is -2.37. The molecule has 0 radical (unpaired) electrons. The summed E-state index contributed by atoms with van der Waals surface area (Å²) in [4.78, 5) is 0. The first-order valence-corrected chi connectivity index (χ1v) is 7.19. The lowest BCUT2D eigenvalue weighted by molar-refractivity contribution is 0.444. The summed E-state index contributed by atoms with van der Waals surface area (Å²) in [7, 11) is 0. The lowest BCUT2D eigenvalue weighted by atomic mass is 10.1. The Hall–Kier alpha value is -0.380. The van der Waals surface area contributed by atoms with Gasteiger partial charge in [-0.15, -0.1) is 0 Å². The van der Waals surface area contributed by atoms with Crippen LogP contribution in [0.1, 0.15) is 31.7 Å². The van der Waals surface area contributed by atoms with Crippen LogP contribution in [0.3, 0.4) is 0 Å². The Morgan fingerprint density at radius 2 is 2.06 bits per heavy atom. The molecule has 3 N–H and O–H groups in total. The highest BCUT2D eigenvalue weighted by molar-refractivity contribution is 9.10. The van der Waals surface area contributed by atoms with E-state index in [4.69, 9.17) is 5.73 Å². The number of benzene rings is 1. The van der Waals surface area contributed by atoms with E-state index in [0.717, 1.165) is 17.3 Å².